The molecule has 0 radical (unpaired) electrons. The first-order valence-electron chi connectivity index (χ1n) is 6.54. The van der Waals surface area contributed by atoms with E-state index >= 15 is 0 Å². The molecule has 1 heterocycles. The molecule has 0 aromatic rings. The summed E-state index contributed by atoms with van der Waals surface area (Å²) in [5.41, 5.74) is 2.34. The number of nitrogens with two attached hydrogens (primary N) is 1. The van der Waals surface area contributed by atoms with E-state index in [4.69, 9.17) is 10.6 Å². The summed E-state index contributed by atoms with van der Waals surface area (Å²) >= 11 is 0. The van der Waals surface area contributed by atoms with Gasteiger partial charge < -0.3 is 4.74 Å². The highest BCUT2D eigenvalue weighted by atomic mass is 16.5. The van der Waals surface area contributed by atoms with Gasteiger partial charge in [-0.15, -0.1) is 0 Å². The van der Waals surface area contributed by atoms with Gasteiger partial charge in [-0.2, -0.15) is 0 Å². The Balaban J connectivity index is 2.51. The first kappa shape index (κ1) is 15.4. The SMILES string of the molecule is CN1C(C)(C)CC(OCCC(=O)NN)CC1(C)C. The van der Waals surface area contributed by atoms with E-state index in [0.29, 0.717) is 13.0 Å². The fraction of sp³-hybridized carbons (Fsp3) is 0.923. The molecule has 0 atom stereocenters. The summed E-state index contributed by atoms with van der Waals surface area (Å²) in [7, 11) is 2.16. The van der Waals surface area contributed by atoms with E-state index in [1.54, 1.807) is 0 Å². The van der Waals surface area contributed by atoms with Crippen LogP contribution in [0.4, 0.5) is 0 Å². The predicted molar refractivity (Wildman–Crippen MR) is 71.8 cm³/mol. The number of piperidine rings is 1. The van der Waals surface area contributed by atoms with Gasteiger partial charge in [-0.25, -0.2) is 5.84 Å². The van der Waals surface area contributed by atoms with Gasteiger partial charge in [-0.3, -0.25) is 15.1 Å². The molecule has 1 saturated heterocycles. The Kier molecular flexibility index (Phi) is 4.75. The highest BCUT2D eigenvalue weighted by Crippen LogP contribution is 2.37. The molecule has 0 saturated carbocycles. The normalized spacial score (nSPS) is 23.9. The lowest BCUT2D eigenvalue weighted by Crippen LogP contribution is -2.60. The van der Waals surface area contributed by atoms with E-state index in [9.17, 15) is 4.79 Å². The molecule has 1 fully saturated rings. The van der Waals surface area contributed by atoms with Gasteiger partial charge in [-0.1, -0.05) is 0 Å². The van der Waals surface area contributed by atoms with Crippen LogP contribution in [0.25, 0.3) is 0 Å². The van der Waals surface area contributed by atoms with Crippen molar-refractivity contribution in [2.24, 2.45) is 5.84 Å². The molecular weight excluding hydrogens is 230 g/mol. The number of ether oxygens (including phenoxy) is 1. The van der Waals surface area contributed by atoms with Crippen molar-refractivity contribution < 1.29 is 9.53 Å². The van der Waals surface area contributed by atoms with Crippen molar-refractivity contribution in [3.63, 3.8) is 0 Å². The monoisotopic (exact) mass is 257 g/mol. The van der Waals surface area contributed by atoms with E-state index < -0.39 is 0 Å². The third-order valence-corrected chi connectivity index (χ3v) is 4.11. The zero-order chi connectivity index (χ0) is 14.0. The average Bonchev–Trinajstić information content (AvgIpc) is 2.25. The third-order valence-electron chi connectivity index (χ3n) is 4.11. The second-order valence-corrected chi connectivity index (χ2v) is 6.40. The van der Waals surface area contributed by atoms with Crippen LogP contribution in [0.2, 0.25) is 0 Å². The predicted octanol–water partition coefficient (Wildman–Crippen LogP) is 1.03. The van der Waals surface area contributed by atoms with Crippen LogP contribution in [-0.4, -0.2) is 41.6 Å². The zero-order valence-corrected chi connectivity index (χ0v) is 12.2. The van der Waals surface area contributed by atoms with Gasteiger partial charge in [0, 0.05) is 11.1 Å². The fourth-order valence-electron chi connectivity index (χ4n) is 2.79. The van der Waals surface area contributed by atoms with Crippen molar-refractivity contribution >= 4 is 5.91 Å². The maximum atomic E-state index is 11.0. The summed E-state index contributed by atoms with van der Waals surface area (Å²) in [6.45, 7) is 9.37. The minimum Gasteiger partial charge on any atom is -0.378 e. The first-order chi connectivity index (χ1) is 8.19. The van der Waals surface area contributed by atoms with Gasteiger partial charge >= 0.3 is 0 Å². The highest BCUT2D eigenvalue weighted by molar-refractivity contribution is 5.75. The van der Waals surface area contributed by atoms with Crippen molar-refractivity contribution in [1.29, 1.82) is 0 Å². The number of rotatable bonds is 4. The number of hydrazine groups is 1. The zero-order valence-electron chi connectivity index (χ0n) is 12.2. The molecule has 1 rings (SSSR count). The number of nitrogens with zero attached hydrogens (tertiary/aromatic N) is 1. The van der Waals surface area contributed by atoms with Crippen LogP contribution >= 0.6 is 0 Å². The lowest BCUT2D eigenvalue weighted by atomic mass is 9.79. The molecule has 0 aromatic heterocycles. The van der Waals surface area contributed by atoms with Crippen LogP contribution < -0.4 is 11.3 Å². The standard InChI is InChI=1S/C13H27N3O2/c1-12(2)8-10(9-13(3,4)16(12)5)18-7-6-11(17)15-14/h10H,6-9,14H2,1-5H3,(H,15,17). The van der Waals surface area contributed by atoms with Crippen LogP contribution in [0.15, 0.2) is 0 Å². The number of carbonyl (C=O) groups excluding carboxylic acids is 1. The molecule has 3 N–H and O–H groups in total. The number of hydrogen-bond acceptors (Lipinski definition) is 4. The molecule has 0 unspecified atom stereocenters. The van der Waals surface area contributed by atoms with Crippen LogP contribution in [0, 0.1) is 0 Å². The number of amides is 1. The highest BCUT2D eigenvalue weighted by Gasteiger charge is 2.43. The Morgan fingerprint density at radius 3 is 2.28 bits per heavy atom. The van der Waals surface area contributed by atoms with Crippen molar-refractivity contribution in [3.05, 3.63) is 0 Å². The summed E-state index contributed by atoms with van der Waals surface area (Å²) in [6, 6.07) is 0. The Morgan fingerprint density at radius 1 is 1.33 bits per heavy atom. The van der Waals surface area contributed by atoms with E-state index in [1.165, 1.54) is 0 Å². The molecule has 0 bridgehead atoms. The number of nitrogens with one attached hydrogen (secondary N) is 1. The second kappa shape index (κ2) is 5.55. The van der Waals surface area contributed by atoms with Gasteiger partial charge in [0.15, 0.2) is 0 Å². The minimum absolute atomic E-state index is 0.114. The average molecular weight is 257 g/mol. The number of hydrogen-bond donors (Lipinski definition) is 2. The summed E-state index contributed by atoms with van der Waals surface area (Å²) in [4.78, 5) is 13.4. The smallest absolute Gasteiger partial charge is 0.236 e. The van der Waals surface area contributed by atoms with Gasteiger partial charge in [0.1, 0.15) is 0 Å². The van der Waals surface area contributed by atoms with Gasteiger partial charge in [-0.05, 0) is 47.6 Å². The fourth-order valence-corrected chi connectivity index (χ4v) is 2.79. The summed E-state index contributed by atoms with van der Waals surface area (Å²) in [6.07, 6.45) is 2.50. The summed E-state index contributed by atoms with van der Waals surface area (Å²) < 4.78 is 5.83. The van der Waals surface area contributed by atoms with Crippen molar-refractivity contribution in [3.8, 4) is 0 Å². The van der Waals surface area contributed by atoms with Crippen molar-refractivity contribution in [1.82, 2.24) is 10.3 Å². The van der Waals surface area contributed by atoms with E-state index in [2.05, 4.69) is 45.1 Å². The van der Waals surface area contributed by atoms with Crippen LogP contribution in [0.5, 0.6) is 0 Å². The molecule has 5 nitrogen and oxygen atoms in total. The molecule has 1 aliphatic heterocycles. The molecule has 5 heteroatoms. The Morgan fingerprint density at radius 2 is 1.83 bits per heavy atom. The maximum Gasteiger partial charge on any atom is 0.236 e. The van der Waals surface area contributed by atoms with Crippen LogP contribution in [0.3, 0.4) is 0 Å². The van der Waals surface area contributed by atoms with Gasteiger partial charge in [0.05, 0.1) is 19.1 Å². The quantitative estimate of drug-likeness (QED) is 0.448. The molecule has 0 aliphatic carbocycles. The first-order valence-corrected chi connectivity index (χ1v) is 6.54. The lowest BCUT2D eigenvalue weighted by molar-refractivity contribution is -0.124. The molecule has 106 valence electrons. The Hall–Kier alpha value is -0.650. The van der Waals surface area contributed by atoms with E-state index in [1.807, 2.05) is 0 Å². The molecule has 1 amide bonds. The summed E-state index contributed by atoms with van der Waals surface area (Å²) in [5.74, 6) is 4.85. The largest absolute Gasteiger partial charge is 0.378 e. The molecule has 18 heavy (non-hydrogen) atoms. The maximum absolute atomic E-state index is 11.0. The minimum atomic E-state index is -0.179. The number of carbonyl (C=O) groups is 1. The number of likely N-dealkylation sites (tertiary alicyclic amines) is 1. The topological polar surface area (TPSA) is 67.6 Å². The molecular formula is C13H27N3O2. The lowest BCUT2D eigenvalue weighted by Gasteiger charge is -2.53. The molecule has 1 aliphatic rings. The third kappa shape index (κ3) is 3.67. The van der Waals surface area contributed by atoms with Crippen LogP contribution in [0.1, 0.15) is 47.0 Å². The Labute approximate surface area is 110 Å². The van der Waals surface area contributed by atoms with E-state index in [-0.39, 0.29) is 23.1 Å². The second-order valence-electron chi connectivity index (χ2n) is 6.40. The summed E-state index contributed by atoms with van der Waals surface area (Å²) in [5, 5.41) is 0. The van der Waals surface area contributed by atoms with E-state index in [0.717, 1.165) is 12.8 Å². The molecule has 0 aromatic carbocycles. The van der Waals surface area contributed by atoms with Gasteiger partial charge in [0.25, 0.3) is 0 Å². The van der Waals surface area contributed by atoms with Crippen molar-refractivity contribution in [2.45, 2.75) is 64.1 Å². The van der Waals surface area contributed by atoms with Crippen molar-refractivity contribution in [2.75, 3.05) is 13.7 Å². The Bertz CT molecular complexity index is 285. The van der Waals surface area contributed by atoms with Crippen LogP contribution in [-0.2, 0) is 9.53 Å². The molecule has 0 spiro atoms. The van der Waals surface area contributed by atoms with Gasteiger partial charge in [0.2, 0.25) is 5.91 Å².